The molecule has 0 aliphatic rings. The minimum atomic E-state index is 0.380. The van der Waals surface area contributed by atoms with Gasteiger partial charge in [-0.1, -0.05) is 18.2 Å². The molecule has 3 nitrogen and oxygen atoms in total. The van der Waals surface area contributed by atoms with Gasteiger partial charge in [0.2, 0.25) is 0 Å². The van der Waals surface area contributed by atoms with Crippen molar-refractivity contribution >= 4 is 11.3 Å². The van der Waals surface area contributed by atoms with E-state index in [4.69, 9.17) is 9.47 Å². The molecule has 1 atom stereocenters. The average molecular weight is 305 g/mol. The Balaban J connectivity index is 1.66. The highest BCUT2D eigenvalue weighted by Gasteiger charge is 2.04. The van der Waals surface area contributed by atoms with Crippen LogP contribution in [0.1, 0.15) is 23.4 Å². The van der Waals surface area contributed by atoms with Crippen LogP contribution in [-0.4, -0.2) is 26.9 Å². The summed E-state index contributed by atoms with van der Waals surface area (Å²) in [4.78, 5) is 1.36. The third kappa shape index (κ3) is 5.50. The van der Waals surface area contributed by atoms with Crippen molar-refractivity contribution < 1.29 is 9.47 Å². The van der Waals surface area contributed by atoms with Gasteiger partial charge in [0.15, 0.2) is 0 Å². The lowest BCUT2D eigenvalue weighted by Crippen LogP contribution is -2.23. The van der Waals surface area contributed by atoms with Crippen molar-refractivity contribution in [3.63, 3.8) is 0 Å². The number of ether oxygens (including phenoxy) is 2. The maximum absolute atomic E-state index is 5.74. The van der Waals surface area contributed by atoms with Crippen molar-refractivity contribution in [2.45, 2.75) is 19.4 Å². The Morgan fingerprint density at radius 3 is 2.62 bits per heavy atom. The third-order valence-corrected chi connectivity index (χ3v) is 4.36. The molecule has 0 bridgehead atoms. The fourth-order valence-electron chi connectivity index (χ4n) is 2.05. The fraction of sp³-hybridized carbons (Fsp3) is 0.412. The second-order valence-corrected chi connectivity index (χ2v) is 5.91. The maximum atomic E-state index is 5.74. The van der Waals surface area contributed by atoms with Gasteiger partial charge in [-0.25, -0.2) is 0 Å². The van der Waals surface area contributed by atoms with Crippen LogP contribution in [0.25, 0.3) is 0 Å². The van der Waals surface area contributed by atoms with Gasteiger partial charge in [0.25, 0.3) is 0 Å². The van der Waals surface area contributed by atoms with Gasteiger partial charge in [-0.05, 0) is 42.5 Å². The minimum Gasteiger partial charge on any atom is -0.492 e. The lowest BCUT2D eigenvalue weighted by molar-refractivity contribution is 0.202. The standard InChI is InChI=1S/C17H23NO2S/c1-14(17-4-3-13-21-17)18-10-12-20-16-7-5-15(6-8-16)9-11-19-2/h3-8,13-14,18H,9-12H2,1-2H3. The first-order valence-corrected chi connectivity index (χ1v) is 8.15. The van der Waals surface area contributed by atoms with Crippen molar-refractivity contribution in [3.8, 4) is 5.75 Å². The van der Waals surface area contributed by atoms with Crippen LogP contribution < -0.4 is 10.1 Å². The van der Waals surface area contributed by atoms with Gasteiger partial charge < -0.3 is 14.8 Å². The zero-order valence-corrected chi connectivity index (χ0v) is 13.5. The third-order valence-electron chi connectivity index (χ3n) is 3.31. The Morgan fingerprint density at radius 2 is 1.95 bits per heavy atom. The Bertz CT molecular complexity index is 496. The van der Waals surface area contributed by atoms with Crippen molar-refractivity contribution in [1.82, 2.24) is 5.32 Å². The van der Waals surface area contributed by atoms with E-state index in [1.54, 1.807) is 18.4 Å². The molecular weight excluding hydrogens is 282 g/mol. The summed E-state index contributed by atoms with van der Waals surface area (Å²) in [7, 11) is 1.72. The topological polar surface area (TPSA) is 30.5 Å². The Kier molecular flexibility index (Phi) is 6.73. The lowest BCUT2D eigenvalue weighted by atomic mass is 10.1. The molecule has 1 aromatic carbocycles. The Morgan fingerprint density at radius 1 is 1.14 bits per heavy atom. The number of hydrogen-bond acceptors (Lipinski definition) is 4. The van der Waals surface area contributed by atoms with Crippen LogP contribution >= 0.6 is 11.3 Å². The monoisotopic (exact) mass is 305 g/mol. The second kappa shape index (κ2) is 8.82. The molecule has 1 unspecified atom stereocenters. The molecule has 1 N–H and O–H groups in total. The molecule has 2 rings (SSSR count). The largest absolute Gasteiger partial charge is 0.492 e. The molecule has 0 spiro atoms. The summed E-state index contributed by atoms with van der Waals surface area (Å²) >= 11 is 1.78. The fourth-order valence-corrected chi connectivity index (χ4v) is 2.81. The molecule has 0 aliphatic carbocycles. The molecule has 2 aromatic rings. The Hall–Kier alpha value is -1.36. The first-order chi connectivity index (χ1) is 10.3. The summed E-state index contributed by atoms with van der Waals surface area (Å²) in [6.45, 7) is 4.44. The maximum Gasteiger partial charge on any atom is 0.119 e. The number of benzene rings is 1. The zero-order valence-electron chi connectivity index (χ0n) is 12.7. The number of nitrogens with one attached hydrogen (secondary N) is 1. The van der Waals surface area contributed by atoms with Gasteiger partial charge in [0.05, 0.1) is 6.61 Å². The smallest absolute Gasteiger partial charge is 0.119 e. The van der Waals surface area contributed by atoms with E-state index >= 15 is 0 Å². The first kappa shape index (κ1) is 16.0. The molecular formula is C17H23NO2S. The summed E-state index contributed by atoms with van der Waals surface area (Å²) in [6, 6.07) is 12.8. The number of methoxy groups -OCH3 is 1. The molecule has 21 heavy (non-hydrogen) atoms. The second-order valence-electron chi connectivity index (χ2n) is 4.93. The quantitative estimate of drug-likeness (QED) is 0.717. The van der Waals surface area contributed by atoms with E-state index in [0.717, 1.165) is 25.3 Å². The van der Waals surface area contributed by atoms with Crippen LogP contribution in [0.5, 0.6) is 5.75 Å². The molecule has 0 aliphatic heterocycles. The number of rotatable bonds is 9. The van der Waals surface area contributed by atoms with Gasteiger partial charge in [-0.15, -0.1) is 11.3 Å². The average Bonchev–Trinajstić information content (AvgIpc) is 3.05. The SMILES string of the molecule is COCCc1ccc(OCCNC(C)c2cccs2)cc1. The normalized spacial score (nSPS) is 12.3. The van der Waals surface area contributed by atoms with Gasteiger partial charge in [0, 0.05) is 24.6 Å². The van der Waals surface area contributed by atoms with Gasteiger partial charge >= 0.3 is 0 Å². The van der Waals surface area contributed by atoms with E-state index in [1.165, 1.54) is 10.4 Å². The molecule has 0 amide bonds. The van der Waals surface area contributed by atoms with E-state index in [9.17, 15) is 0 Å². The molecule has 0 radical (unpaired) electrons. The zero-order chi connectivity index (χ0) is 14.9. The van der Waals surface area contributed by atoms with Gasteiger partial charge in [-0.3, -0.25) is 0 Å². The predicted octanol–water partition coefficient (Wildman–Crippen LogP) is 3.67. The summed E-state index contributed by atoms with van der Waals surface area (Å²) in [5.74, 6) is 0.918. The van der Waals surface area contributed by atoms with Crippen molar-refractivity contribution in [1.29, 1.82) is 0 Å². The van der Waals surface area contributed by atoms with E-state index in [2.05, 4.69) is 41.9 Å². The summed E-state index contributed by atoms with van der Waals surface area (Å²) < 4.78 is 10.8. The molecule has 114 valence electrons. The molecule has 1 heterocycles. The minimum absolute atomic E-state index is 0.380. The van der Waals surface area contributed by atoms with Gasteiger partial charge in [-0.2, -0.15) is 0 Å². The highest BCUT2D eigenvalue weighted by molar-refractivity contribution is 7.10. The van der Waals surface area contributed by atoms with Gasteiger partial charge in [0.1, 0.15) is 12.4 Å². The molecule has 0 fully saturated rings. The lowest BCUT2D eigenvalue weighted by Gasteiger charge is -2.13. The molecule has 4 heteroatoms. The van der Waals surface area contributed by atoms with Crippen LogP contribution in [0, 0.1) is 0 Å². The first-order valence-electron chi connectivity index (χ1n) is 7.27. The number of hydrogen-bond donors (Lipinski definition) is 1. The predicted molar refractivity (Wildman–Crippen MR) is 88.3 cm³/mol. The van der Waals surface area contributed by atoms with Crippen LogP contribution in [0.15, 0.2) is 41.8 Å². The van der Waals surface area contributed by atoms with Crippen molar-refractivity contribution in [3.05, 3.63) is 52.2 Å². The van der Waals surface area contributed by atoms with E-state index in [-0.39, 0.29) is 0 Å². The highest BCUT2D eigenvalue weighted by atomic mass is 32.1. The van der Waals surface area contributed by atoms with E-state index in [0.29, 0.717) is 12.6 Å². The molecule has 1 aromatic heterocycles. The van der Waals surface area contributed by atoms with Crippen LogP contribution in [-0.2, 0) is 11.2 Å². The number of thiophene rings is 1. The molecule has 0 saturated heterocycles. The van der Waals surface area contributed by atoms with Crippen LogP contribution in [0.4, 0.5) is 0 Å². The summed E-state index contributed by atoms with van der Waals surface area (Å²) in [5, 5.41) is 5.57. The summed E-state index contributed by atoms with van der Waals surface area (Å²) in [5.41, 5.74) is 1.27. The van der Waals surface area contributed by atoms with Crippen LogP contribution in [0.2, 0.25) is 0 Å². The van der Waals surface area contributed by atoms with Crippen molar-refractivity contribution in [2.24, 2.45) is 0 Å². The van der Waals surface area contributed by atoms with E-state index in [1.807, 2.05) is 12.1 Å². The van der Waals surface area contributed by atoms with E-state index < -0.39 is 0 Å². The summed E-state index contributed by atoms with van der Waals surface area (Å²) in [6.07, 6.45) is 0.941. The van der Waals surface area contributed by atoms with Crippen molar-refractivity contribution in [2.75, 3.05) is 26.9 Å². The Labute approximate surface area is 130 Å². The van der Waals surface area contributed by atoms with Crippen LogP contribution in [0.3, 0.4) is 0 Å². The highest BCUT2D eigenvalue weighted by Crippen LogP contribution is 2.17. The molecule has 0 saturated carbocycles.